The molecule has 0 saturated carbocycles. The first-order valence-electron chi connectivity index (χ1n) is 9.86. The summed E-state index contributed by atoms with van der Waals surface area (Å²) >= 11 is 0. The largest absolute Gasteiger partial charge is 0.396 e. The summed E-state index contributed by atoms with van der Waals surface area (Å²) in [6.45, 7) is 2.38. The molecule has 1 fully saturated rings. The van der Waals surface area contributed by atoms with Gasteiger partial charge in [-0.25, -0.2) is 0 Å². The topological polar surface area (TPSA) is 43.8 Å². The number of benzene rings is 3. The van der Waals surface area contributed by atoms with Gasteiger partial charge in [0.2, 0.25) is 0 Å². The summed E-state index contributed by atoms with van der Waals surface area (Å²) in [6.07, 6.45) is 0.695. The van der Waals surface area contributed by atoms with E-state index in [1.807, 2.05) is 35.2 Å². The molecule has 1 saturated heterocycles. The van der Waals surface area contributed by atoms with Crippen LogP contribution in [0.15, 0.2) is 66.7 Å². The Morgan fingerprint density at radius 1 is 1.00 bits per heavy atom. The summed E-state index contributed by atoms with van der Waals surface area (Å²) in [4.78, 5) is 17.1. The lowest BCUT2D eigenvalue weighted by Gasteiger charge is -2.39. The number of carbonyl (C=O) groups is 1. The first-order valence-corrected chi connectivity index (χ1v) is 9.86. The van der Waals surface area contributed by atoms with Crippen LogP contribution in [0.4, 0.5) is 0 Å². The third-order valence-corrected chi connectivity index (χ3v) is 5.76. The van der Waals surface area contributed by atoms with Gasteiger partial charge in [-0.1, -0.05) is 54.6 Å². The molecule has 4 nitrogen and oxygen atoms in total. The van der Waals surface area contributed by atoms with Crippen molar-refractivity contribution in [3.8, 4) is 11.1 Å². The molecule has 28 heavy (non-hydrogen) atoms. The Balaban J connectivity index is 1.55. The van der Waals surface area contributed by atoms with Crippen LogP contribution in [0.5, 0.6) is 0 Å². The van der Waals surface area contributed by atoms with Crippen molar-refractivity contribution in [1.82, 2.24) is 9.80 Å². The van der Waals surface area contributed by atoms with E-state index in [9.17, 15) is 9.90 Å². The number of aliphatic hydroxyl groups excluding tert-OH is 1. The molecule has 0 radical (unpaired) electrons. The van der Waals surface area contributed by atoms with E-state index in [0.29, 0.717) is 13.0 Å². The van der Waals surface area contributed by atoms with Crippen molar-refractivity contribution in [3.63, 3.8) is 0 Å². The van der Waals surface area contributed by atoms with Crippen LogP contribution < -0.4 is 0 Å². The van der Waals surface area contributed by atoms with E-state index in [1.54, 1.807) is 0 Å². The maximum absolute atomic E-state index is 13.0. The number of fused-ring (bicyclic) bond motifs is 1. The fourth-order valence-corrected chi connectivity index (χ4v) is 4.04. The predicted octanol–water partition coefficient (Wildman–Crippen LogP) is 3.65. The Labute approximate surface area is 166 Å². The Hall–Kier alpha value is -2.69. The van der Waals surface area contributed by atoms with E-state index in [1.165, 1.54) is 16.3 Å². The second-order valence-corrected chi connectivity index (χ2v) is 7.50. The number of likely N-dealkylation sites (N-methyl/N-ethyl adjacent to an activating group) is 1. The van der Waals surface area contributed by atoms with Crippen molar-refractivity contribution in [2.45, 2.75) is 12.5 Å². The van der Waals surface area contributed by atoms with E-state index < -0.39 is 0 Å². The minimum absolute atomic E-state index is 0.0699. The Morgan fingerprint density at radius 2 is 1.75 bits per heavy atom. The highest BCUT2D eigenvalue weighted by Gasteiger charge is 2.27. The van der Waals surface area contributed by atoms with Crippen LogP contribution in [0.1, 0.15) is 16.8 Å². The molecule has 0 aliphatic carbocycles. The smallest absolute Gasteiger partial charge is 0.253 e. The molecule has 1 N–H and O–H groups in total. The average molecular weight is 374 g/mol. The molecule has 0 spiro atoms. The van der Waals surface area contributed by atoms with Crippen molar-refractivity contribution < 1.29 is 9.90 Å². The molecule has 3 aromatic carbocycles. The average Bonchev–Trinajstić information content (AvgIpc) is 2.75. The van der Waals surface area contributed by atoms with Crippen LogP contribution >= 0.6 is 0 Å². The van der Waals surface area contributed by atoms with E-state index in [0.717, 1.165) is 24.2 Å². The van der Waals surface area contributed by atoms with Gasteiger partial charge >= 0.3 is 0 Å². The zero-order valence-corrected chi connectivity index (χ0v) is 16.2. The number of aliphatic hydroxyl groups is 1. The van der Waals surface area contributed by atoms with Crippen LogP contribution in [0.2, 0.25) is 0 Å². The van der Waals surface area contributed by atoms with Crippen LogP contribution in [0, 0.1) is 0 Å². The first-order chi connectivity index (χ1) is 13.7. The minimum atomic E-state index is 0.0699. The van der Waals surface area contributed by atoms with Gasteiger partial charge in [-0.2, -0.15) is 0 Å². The van der Waals surface area contributed by atoms with E-state index in [-0.39, 0.29) is 18.6 Å². The second kappa shape index (κ2) is 8.13. The van der Waals surface area contributed by atoms with Gasteiger partial charge in [0.25, 0.3) is 5.91 Å². The van der Waals surface area contributed by atoms with E-state index in [4.69, 9.17) is 0 Å². The Kier molecular flexibility index (Phi) is 5.42. The summed E-state index contributed by atoms with van der Waals surface area (Å²) in [5, 5.41) is 11.7. The molecule has 1 atom stereocenters. The van der Waals surface area contributed by atoms with Crippen molar-refractivity contribution in [2.75, 3.05) is 33.3 Å². The van der Waals surface area contributed by atoms with Gasteiger partial charge in [0, 0.05) is 37.8 Å². The van der Waals surface area contributed by atoms with Crippen molar-refractivity contribution in [3.05, 3.63) is 72.3 Å². The summed E-state index contributed by atoms with van der Waals surface area (Å²) in [7, 11) is 2.06. The summed E-state index contributed by atoms with van der Waals surface area (Å²) in [5.74, 6) is 0.0699. The van der Waals surface area contributed by atoms with E-state index in [2.05, 4.69) is 48.3 Å². The lowest BCUT2D eigenvalue weighted by Crippen LogP contribution is -2.53. The predicted molar refractivity (Wildman–Crippen MR) is 113 cm³/mol. The standard InChI is InChI=1S/C24H26N2O2/c1-25-14-15-26(17-21(25)13-16-27)24(28)20-11-9-19(10-12-20)23-8-4-6-18-5-2-3-7-22(18)23/h2-12,21,27H,13-17H2,1H3/t21-/m1/s1. The molecule has 144 valence electrons. The monoisotopic (exact) mass is 374 g/mol. The molecule has 1 amide bonds. The van der Waals surface area contributed by atoms with Crippen molar-refractivity contribution in [1.29, 1.82) is 0 Å². The Bertz CT molecular complexity index is 963. The summed E-state index contributed by atoms with van der Waals surface area (Å²) in [5.41, 5.74) is 3.01. The molecule has 1 heterocycles. The zero-order valence-electron chi connectivity index (χ0n) is 16.2. The molecule has 1 aliphatic rings. The molecule has 0 unspecified atom stereocenters. The number of carbonyl (C=O) groups excluding carboxylic acids is 1. The maximum atomic E-state index is 13.0. The number of rotatable bonds is 4. The molecule has 4 rings (SSSR count). The lowest BCUT2D eigenvalue weighted by molar-refractivity contribution is 0.0500. The highest BCUT2D eigenvalue weighted by molar-refractivity contribution is 5.98. The number of nitrogens with zero attached hydrogens (tertiary/aromatic N) is 2. The number of hydrogen-bond acceptors (Lipinski definition) is 3. The molecule has 0 bridgehead atoms. The fourth-order valence-electron chi connectivity index (χ4n) is 4.04. The fraction of sp³-hybridized carbons (Fsp3) is 0.292. The van der Waals surface area contributed by atoms with Gasteiger partial charge < -0.3 is 10.0 Å². The first kappa shape index (κ1) is 18.7. The SMILES string of the molecule is CN1CCN(C(=O)c2ccc(-c3cccc4ccccc34)cc2)C[C@H]1CCO. The van der Waals surface area contributed by atoms with Gasteiger partial charge in [-0.05, 0) is 47.5 Å². The molecular weight excluding hydrogens is 348 g/mol. The molecule has 0 aromatic heterocycles. The van der Waals surface area contributed by atoms with Gasteiger partial charge in [0.15, 0.2) is 0 Å². The van der Waals surface area contributed by atoms with Crippen LogP contribution in [0.25, 0.3) is 21.9 Å². The highest BCUT2D eigenvalue weighted by atomic mass is 16.3. The molecule has 3 aromatic rings. The van der Waals surface area contributed by atoms with Gasteiger partial charge in [0.05, 0.1) is 0 Å². The zero-order chi connectivity index (χ0) is 19.5. The lowest BCUT2D eigenvalue weighted by atomic mass is 9.97. The number of amides is 1. The minimum Gasteiger partial charge on any atom is -0.396 e. The highest BCUT2D eigenvalue weighted by Crippen LogP contribution is 2.29. The molecule has 1 aliphatic heterocycles. The van der Waals surface area contributed by atoms with Crippen LogP contribution in [-0.4, -0.2) is 60.1 Å². The van der Waals surface area contributed by atoms with Crippen molar-refractivity contribution >= 4 is 16.7 Å². The number of hydrogen-bond donors (Lipinski definition) is 1. The molecule has 4 heteroatoms. The maximum Gasteiger partial charge on any atom is 0.253 e. The van der Waals surface area contributed by atoms with Crippen LogP contribution in [-0.2, 0) is 0 Å². The summed E-state index contributed by atoms with van der Waals surface area (Å²) in [6, 6.07) is 22.8. The van der Waals surface area contributed by atoms with Gasteiger partial charge in [0.1, 0.15) is 0 Å². The number of piperazine rings is 1. The third kappa shape index (κ3) is 3.66. The van der Waals surface area contributed by atoms with Gasteiger partial charge in [-0.15, -0.1) is 0 Å². The van der Waals surface area contributed by atoms with Gasteiger partial charge in [-0.3, -0.25) is 9.69 Å². The van der Waals surface area contributed by atoms with Crippen LogP contribution in [0.3, 0.4) is 0 Å². The summed E-state index contributed by atoms with van der Waals surface area (Å²) < 4.78 is 0. The normalized spacial score (nSPS) is 17.8. The van der Waals surface area contributed by atoms with Crippen molar-refractivity contribution in [2.24, 2.45) is 0 Å². The third-order valence-electron chi connectivity index (χ3n) is 5.76. The van der Waals surface area contributed by atoms with E-state index >= 15 is 0 Å². The molecular formula is C24H26N2O2. The second-order valence-electron chi connectivity index (χ2n) is 7.50. The Morgan fingerprint density at radius 3 is 2.54 bits per heavy atom. The quantitative estimate of drug-likeness (QED) is 0.758.